The molecule has 0 heterocycles. The SMILES string of the molecule is Cl.NCC(=O)Nc1ccc([N+](=O)[O-])cc1C(=O)c1ccccc1. The highest BCUT2D eigenvalue weighted by atomic mass is 35.5. The van der Waals surface area contributed by atoms with E-state index in [1.807, 2.05) is 0 Å². The van der Waals surface area contributed by atoms with Gasteiger partial charge in [0.2, 0.25) is 5.91 Å². The van der Waals surface area contributed by atoms with Gasteiger partial charge >= 0.3 is 0 Å². The van der Waals surface area contributed by atoms with E-state index in [2.05, 4.69) is 5.32 Å². The van der Waals surface area contributed by atoms with Gasteiger partial charge in [0.05, 0.1) is 22.7 Å². The van der Waals surface area contributed by atoms with Gasteiger partial charge in [0.25, 0.3) is 5.69 Å². The van der Waals surface area contributed by atoms with Crippen LogP contribution in [0.4, 0.5) is 11.4 Å². The minimum atomic E-state index is -0.601. The number of halogens is 1. The minimum Gasteiger partial charge on any atom is -0.324 e. The Labute approximate surface area is 138 Å². The fourth-order valence-electron chi connectivity index (χ4n) is 1.89. The number of benzene rings is 2. The monoisotopic (exact) mass is 335 g/mol. The molecular weight excluding hydrogens is 322 g/mol. The predicted molar refractivity (Wildman–Crippen MR) is 87.9 cm³/mol. The molecule has 2 aromatic rings. The van der Waals surface area contributed by atoms with Gasteiger partial charge in [0.15, 0.2) is 5.78 Å². The number of nitrogens with one attached hydrogen (secondary N) is 1. The summed E-state index contributed by atoms with van der Waals surface area (Å²) < 4.78 is 0. The number of carbonyl (C=O) groups excluding carboxylic acids is 2. The van der Waals surface area contributed by atoms with Crippen molar-refractivity contribution in [2.75, 3.05) is 11.9 Å². The van der Waals surface area contributed by atoms with Crippen molar-refractivity contribution >= 4 is 35.5 Å². The lowest BCUT2D eigenvalue weighted by molar-refractivity contribution is -0.384. The van der Waals surface area contributed by atoms with Crippen molar-refractivity contribution in [2.24, 2.45) is 5.73 Å². The number of nitrogens with two attached hydrogens (primary N) is 1. The topological polar surface area (TPSA) is 115 Å². The summed E-state index contributed by atoms with van der Waals surface area (Å²) >= 11 is 0. The second-order valence-corrected chi connectivity index (χ2v) is 4.43. The first-order valence-corrected chi connectivity index (χ1v) is 6.41. The van der Waals surface area contributed by atoms with Crippen LogP contribution in [-0.4, -0.2) is 23.2 Å². The molecular formula is C15H14ClN3O4. The van der Waals surface area contributed by atoms with E-state index in [0.717, 1.165) is 6.07 Å². The number of amides is 1. The molecule has 0 radical (unpaired) electrons. The van der Waals surface area contributed by atoms with E-state index < -0.39 is 16.6 Å². The van der Waals surface area contributed by atoms with Gasteiger partial charge in [-0.05, 0) is 6.07 Å². The molecule has 0 unspecified atom stereocenters. The predicted octanol–water partition coefficient (Wildman–Crippen LogP) is 2.14. The van der Waals surface area contributed by atoms with Crippen LogP contribution in [0.25, 0.3) is 0 Å². The average Bonchev–Trinajstić information content (AvgIpc) is 2.55. The van der Waals surface area contributed by atoms with Crippen LogP contribution in [-0.2, 0) is 4.79 Å². The summed E-state index contributed by atoms with van der Waals surface area (Å²) in [7, 11) is 0. The largest absolute Gasteiger partial charge is 0.324 e. The van der Waals surface area contributed by atoms with E-state index in [-0.39, 0.29) is 35.9 Å². The molecule has 0 aliphatic carbocycles. The summed E-state index contributed by atoms with van der Waals surface area (Å²) in [4.78, 5) is 34.2. The quantitative estimate of drug-likeness (QED) is 0.493. The molecule has 0 fully saturated rings. The number of nitro groups is 1. The molecule has 0 bridgehead atoms. The molecule has 3 N–H and O–H groups in total. The molecule has 8 heteroatoms. The molecule has 0 atom stereocenters. The van der Waals surface area contributed by atoms with Gasteiger partial charge in [-0.15, -0.1) is 12.4 Å². The van der Waals surface area contributed by atoms with Crippen molar-refractivity contribution in [3.63, 3.8) is 0 Å². The molecule has 2 rings (SSSR count). The van der Waals surface area contributed by atoms with Gasteiger partial charge in [-0.25, -0.2) is 0 Å². The molecule has 0 saturated heterocycles. The third-order valence-electron chi connectivity index (χ3n) is 2.95. The zero-order chi connectivity index (χ0) is 16.1. The molecule has 7 nitrogen and oxygen atoms in total. The molecule has 0 saturated carbocycles. The van der Waals surface area contributed by atoms with Crippen molar-refractivity contribution in [1.29, 1.82) is 0 Å². The van der Waals surface area contributed by atoms with E-state index in [1.54, 1.807) is 30.3 Å². The van der Waals surface area contributed by atoms with Crippen molar-refractivity contribution in [3.05, 3.63) is 69.8 Å². The number of nitro benzene ring substituents is 1. The second-order valence-electron chi connectivity index (χ2n) is 4.43. The van der Waals surface area contributed by atoms with Gasteiger partial charge < -0.3 is 11.1 Å². The summed E-state index contributed by atoms with van der Waals surface area (Å²) in [6, 6.07) is 12.0. The van der Waals surface area contributed by atoms with Crippen LogP contribution in [0.5, 0.6) is 0 Å². The van der Waals surface area contributed by atoms with E-state index in [1.165, 1.54) is 12.1 Å². The van der Waals surface area contributed by atoms with Gasteiger partial charge in [-0.1, -0.05) is 30.3 Å². The zero-order valence-corrected chi connectivity index (χ0v) is 12.7. The summed E-state index contributed by atoms with van der Waals surface area (Å²) in [6.07, 6.45) is 0. The minimum absolute atomic E-state index is 0. The van der Waals surface area contributed by atoms with E-state index in [9.17, 15) is 19.7 Å². The normalized spacial score (nSPS) is 9.61. The maximum absolute atomic E-state index is 12.5. The fourth-order valence-corrected chi connectivity index (χ4v) is 1.89. The molecule has 0 aromatic heterocycles. The van der Waals surface area contributed by atoms with Crippen molar-refractivity contribution in [3.8, 4) is 0 Å². The Morgan fingerprint density at radius 2 is 1.78 bits per heavy atom. The summed E-state index contributed by atoms with van der Waals surface area (Å²) in [5.41, 5.74) is 5.60. The number of anilines is 1. The molecule has 1 amide bonds. The van der Waals surface area contributed by atoms with Crippen LogP contribution < -0.4 is 11.1 Å². The first kappa shape index (κ1) is 18.3. The maximum atomic E-state index is 12.5. The molecule has 0 aliphatic rings. The summed E-state index contributed by atoms with van der Waals surface area (Å²) in [5.74, 6) is -0.910. The number of hydrogen-bond donors (Lipinski definition) is 2. The molecule has 2 aromatic carbocycles. The Morgan fingerprint density at radius 3 is 2.35 bits per heavy atom. The van der Waals surface area contributed by atoms with Gasteiger partial charge in [0, 0.05) is 17.7 Å². The summed E-state index contributed by atoms with van der Waals surface area (Å²) in [5, 5.41) is 13.4. The molecule has 0 aliphatic heterocycles. The lowest BCUT2D eigenvalue weighted by atomic mass is 10.0. The second kappa shape index (κ2) is 8.02. The number of rotatable bonds is 5. The first-order chi connectivity index (χ1) is 10.5. The van der Waals surface area contributed by atoms with Crippen LogP contribution in [0, 0.1) is 10.1 Å². The van der Waals surface area contributed by atoms with Crippen molar-refractivity contribution in [1.82, 2.24) is 0 Å². The van der Waals surface area contributed by atoms with E-state index in [4.69, 9.17) is 5.73 Å². The first-order valence-electron chi connectivity index (χ1n) is 6.41. The lowest BCUT2D eigenvalue weighted by Crippen LogP contribution is -2.23. The Hall–Kier alpha value is -2.77. The third-order valence-corrected chi connectivity index (χ3v) is 2.95. The fraction of sp³-hybridized carbons (Fsp3) is 0.0667. The molecule has 0 spiro atoms. The Balaban J connectivity index is 0.00000264. The van der Waals surface area contributed by atoms with Gasteiger partial charge in [-0.3, -0.25) is 19.7 Å². The van der Waals surface area contributed by atoms with E-state index in [0.29, 0.717) is 5.56 Å². The number of non-ortho nitro benzene ring substituents is 1. The Kier molecular flexibility index (Phi) is 6.37. The van der Waals surface area contributed by atoms with Gasteiger partial charge in [-0.2, -0.15) is 0 Å². The Bertz CT molecular complexity index is 735. The van der Waals surface area contributed by atoms with Crippen LogP contribution in [0.2, 0.25) is 0 Å². The third kappa shape index (κ3) is 4.35. The number of hydrogen-bond acceptors (Lipinski definition) is 5. The van der Waals surface area contributed by atoms with Crippen molar-refractivity contribution < 1.29 is 14.5 Å². The number of carbonyl (C=O) groups is 2. The average molecular weight is 336 g/mol. The maximum Gasteiger partial charge on any atom is 0.270 e. The highest BCUT2D eigenvalue weighted by Gasteiger charge is 2.19. The van der Waals surface area contributed by atoms with Crippen molar-refractivity contribution in [2.45, 2.75) is 0 Å². The summed E-state index contributed by atoms with van der Waals surface area (Å²) in [6.45, 7) is -0.254. The number of ketones is 1. The number of nitrogens with zero attached hydrogens (tertiary/aromatic N) is 1. The Morgan fingerprint density at radius 1 is 1.13 bits per heavy atom. The van der Waals surface area contributed by atoms with Gasteiger partial charge in [0.1, 0.15) is 0 Å². The highest BCUT2D eigenvalue weighted by Crippen LogP contribution is 2.24. The molecule has 23 heavy (non-hydrogen) atoms. The van der Waals surface area contributed by atoms with Crippen LogP contribution in [0.15, 0.2) is 48.5 Å². The smallest absolute Gasteiger partial charge is 0.270 e. The van der Waals surface area contributed by atoms with E-state index >= 15 is 0 Å². The lowest BCUT2D eigenvalue weighted by Gasteiger charge is -2.10. The highest BCUT2D eigenvalue weighted by molar-refractivity contribution is 6.14. The zero-order valence-electron chi connectivity index (χ0n) is 11.9. The standard InChI is InChI=1S/C15H13N3O4.ClH/c16-9-14(19)17-13-7-6-11(18(21)22)8-12(13)15(20)10-4-2-1-3-5-10;/h1-8H,9,16H2,(H,17,19);1H. The molecule has 120 valence electrons. The van der Waals surface area contributed by atoms with Crippen LogP contribution >= 0.6 is 12.4 Å². The van der Waals surface area contributed by atoms with Crippen LogP contribution in [0.3, 0.4) is 0 Å². The van der Waals surface area contributed by atoms with Crippen LogP contribution in [0.1, 0.15) is 15.9 Å².